The Kier molecular flexibility index (Phi) is 4.03. The van der Waals surface area contributed by atoms with Gasteiger partial charge in [0.2, 0.25) is 0 Å². The molecule has 0 spiro atoms. The highest BCUT2D eigenvalue weighted by Crippen LogP contribution is 2.30. The molecule has 3 N–H and O–H groups in total. The van der Waals surface area contributed by atoms with E-state index in [0.717, 1.165) is 6.07 Å². The van der Waals surface area contributed by atoms with Gasteiger partial charge in [0.1, 0.15) is 5.75 Å². The van der Waals surface area contributed by atoms with Crippen molar-refractivity contribution < 1.29 is 13.5 Å². The third kappa shape index (κ3) is 2.54. The Bertz CT molecular complexity index is 578. The Morgan fingerprint density at radius 1 is 1.26 bits per heavy atom. The minimum absolute atomic E-state index is 0.104. The molecule has 0 radical (unpaired) electrons. The number of benzene rings is 1. The maximum absolute atomic E-state index is 13.8. The normalized spacial score (nSPS) is 12.2. The lowest BCUT2D eigenvalue weighted by Crippen LogP contribution is -2.30. The van der Waals surface area contributed by atoms with Crippen LogP contribution in [0.3, 0.4) is 0 Å². The molecule has 1 unspecified atom stereocenters. The second kappa shape index (κ2) is 5.73. The van der Waals surface area contributed by atoms with Crippen LogP contribution in [0, 0.1) is 11.6 Å². The molecule has 0 saturated carbocycles. The number of nitrogens with one attached hydrogen (secondary N) is 1. The molecular formula is C13H13F2N3O. The van der Waals surface area contributed by atoms with Gasteiger partial charge in [-0.05, 0) is 12.1 Å². The third-order valence-corrected chi connectivity index (χ3v) is 2.81. The van der Waals surface area contributed by atoms with Gasteiger partial charge < -0.3 is 4.74 Å². The molecule has 1 atom stereocenters. The number of aromatic nitrogens is 1. The molecule has 0 aliphatic carbocycles. The van der Waals surface area contributed by atoms with E-state index in [9.17, 15) is 8.78 Å². The van der Waals surface area contributed by atoms with Gasteiger partial charge in [-0.15, -0.1) is 0 Å². The zero-order chi connectivity index (χ0) is 13.8. The van der Waals surface area contributed by atoms with Crippen LogP contribution in [0.1, 0.15) is 17.2 Å². The standard InChI is InChI=1S/C13H13F2N3O/c1-19-11-7-17-6-5-8(11)13(18-16)9-3-2-4-10(14)12(9)15/h2-7,13,18H,16H2,1H3. The van der Waals surface area contributed by atoms with Gasteiger partial charge in [-0.1, -0.05) is 12.1 Å². The van der Waals surface area contributed by atoms with Gasteiger partial charge in [-0.2, -0.15) is 0 Å². The molecule has 0 saturated heterocycles. The Morgan fingerprint density at radius 3 is 2.74 bits per heavy atom. The SMILES string of the molecule is COc1cnccc1C(NN)c1cccc(F)c1F. The topological polar surface area (TPSA) is 60.2 Å². The highest BCUT2D eigenvalue weighted by atomic mass is 19.2. The lowest BCUT2D eigenvalue weighted by atomic mass is 9.99. The molecule has 0 fully saturated rings. The van der Waals surface area contributed by atoms with Crippen molar-refractivity contribution in [2.45, 2.75) is 6.04 Å². The summed E-state index contributed by atoms with van der Waals surface area (Å²) in [6.45, 7) is 0. The number of hydrazine groups is 1. The molecular weight excluding hydrogens is 252 g/mol. The summed E-state index contributed by atoms with van der Waals surface area (Å²) in [5, 5.41) is 0. The minimum Gasteiger partial charge on any atom is -0.495 e. The van der Waals surface area contributed by atoms with E-state index in [2.05, 4.69) is 10.4 Å². The number of rotatable bonds is 4. The van der Waals surface area contributed by atoms with E-state index < -0.39 is 17.7 Å². The fraction of sp³-hybridized carbons (Fsp3) is 0.154. The van der Waals surface area contributed by atoms with E-state index in [1.807, 2.05) is 0 Å². The summed E-state index contributed by atoms with van der Waals surface area (Å²) in [6, 6.07) is 4.84. The van der Waals surface area contributed by atoms with Crippen molar-refractivity contribution in [2.24, 2.45) is 5.84 Å². The molecule has 6 heteroatoms. The molecule has 1 aromatic heterocycles. The Morgan fingerprint density at radius 2 is 2.05 bits per heavy atom. The van der Waals surface area contributed by atoms with Gasteiger partial charge in [-0.3, -0.25) is 10.8 Å². The number of hydrogen-bond acceptors (Lipinski definition) is 4. The molecule has 2 rings (SSSR count). The Balaban J connectivity index is 2.53. The molecule has 2 aromatic rings. The zero-order valence-electron chi connectivity index (χ0n) is 10.2. The maximum atomic E-state index is 13.8. The summed E-state index contributed by atoms with van der Waals surface area (Å²) in [7, 11) is 1.47. The predicted molar refractivity (Wildman–Crippen MR) is 66.3 cm³/mol. The first-order valence-corrected chi connectivity index (χ1v) is 5.57. The van der Waals surface area contributed by atoms with Crippen molar-refractivity contribution in [3.63, 3.8) is 0 Å². The fourth-order valence-electron chi connectivity index (χ4n) is 1.89. The van der Waals surface area contributed by atoms with Crippen molar-refractivity contribution in [3.8, 4) is 5.75 Å². The number of ether oxygens (including phenoxy) is 1. The van der Waals surface area contributed by atoms with Crippen LogP contribution in [0.2, 0.25) is 0 Å². The fourth-order valence-corrected chi connectivity index (χ4v) is 1.89. The van der Waals surface area contributed by atoms with Gasteiger partial charge in [0.25, 0.3) is 0 Å². The molecule has 100 valence electrons. The lowest BCUT2D eigenvalue weighted by molar-refractivity contribution is 0.400. The molecule has 4 nitrogen and oxygen atoms in total. The van der Waals surface area contributed by atoms with Crippen LogP contribution in [0.4, 0.5) is 8.78 Å². The van der Waals surface area contributed by atoms with Gasteiger partial charge >= 0.3 is 0 Å². The Hall–Kier alpha value is -2.05. The van der Waals surface area contributed by atoms with Crippen LogP contribution in [-0.4, -0.2) is 12.1 Å². The van der Waals surface area contributed by atoms with Gasteiger partial charge in [0.05, 0.1) is 19.3 Å². The van der Waals surface area contributed by atoms with Gasteiger partial charge in [-0.25, -0.2) is 14.2 Å². The zero-order valence-corrected chi connectivity index (χ0v) is 10.2. The first-order chi connectivity index (χ1) is 9.19. The lowest BCUT2D eigenvalue weighted by Gasteiger charge is -2.19. The number of nitrogens with two attached hydrogens (primary N) is 1. The number of pyridine rings is 1. The van der Waals surface area contributed by atoms with Crippen molar-refractivity contribution in [3.05, 3.63) is 59.4 Å². The van der Waals surface area contributed by atoms with Crippen LogP contribution in [0.25, 0.3) is 0 Å². The number of halogens is 2. The monoisotopic (exact) mass is 265 g/mol. The van der Waals surface area contributed by atoms with E-state index in [1.54, 1.807) is 6.07 Å². The molecule has 0 bridgehead atoms. The van der Waals surface area contributed by atoms with Crippen molar-refractivity contribution in [1.82, 2.24) is 10.4 Å². The average molecular weight is 265 g/mol. The first kappa shape index (κ1) is 13.4. The summed E-state index contributed by atoms with van der Waals surface area (Å²) in [5.41, 5.74) is 3.14. The summed E-state index contributed by atoms with van der Waals surface area (Å²) in [5.74, 6) is 4.04. The van der Waals surface area contributed by atoms with Crippen molar-refractivity contribution >= 4 is 0 Å². The van der Waals surface area contributed by atoms with Crippen molar-refractivity contribution in [1.29, 1.82) is 0 Å². The van der Waals surface area contributed by atoms with Crippen LogP contribution in [0.15, 0.2) is 36.7 Å². The van der Waals surface area contributed by atoms with Crippen molar-refractivity contribution in [2.75, 3.05) is 7.11 Å². The van der Waals surface area contributed by atoms with E-state index in [1.165, 1.54) is 31.6 Å². The summed E-state index contributed by atoms with van der Waals surface area (Å²) in [4.78, 5) is 3.91. The molecule has 0 aliphatic rings. The molecule has 19 heavy (non-hydrogen) atoms. The minimum atomic E-state index is -0.940. The van der Waals surface area contributed by atoms with Crippen LogP contribution in [-0.2, 0) is 0 Å². The molecule has 1 aromatic carbocycles. The van der Waals surface area contributed by atoms with Gasteiger partial charge in [0, 0.05) is 17.3 Å². The summed E-state index contributed by atoms with van der Waals surface area (Å²) in [6.07, 6.45) is 3.01. The van der Waals surface area contributed by atoms with Crippen LogP contribution >= 0.6 is 0 Å². The summed E-state index contributed by atoms with van der Waals surface area (Å²) >= 11 is 0. The highest BCUT2D eigenvalue weighted by Gasteiger charge is 2.21. The average Bonchev–Trinajstić information content (AvgIpc) is 2.45. The van der Waals surface area contributed by atoms with Crippen LogP contribution < -0.4 is 16.0 Å². The number of methoxy groups -OCH3 is 1. The maximum Gasteiger partial charge on any atom is 0.163 e. The molecule has 0 aliphatic heterocycles. The largest absolute Gasteiger partial charge is 0.495 e. The van der Waals surface area contributed by atoms with E-state index in [-0.39, 0.29) is 5.56 Å². The summed E-state index contributed by atoms with van der Waals surface area (Å²) < 4.78 is 32.3. The second-order valence-corrected chi connectivity index (χ2v) is 3.86. The predicted octanol–water partition coefficient (Wildman–Crippen LogP) is 1.92. The quantitative estimate of drug-likeness (QED) is 0.655. The Labute approximate surface area is 109 Å². The molecule has 1 heterocycles. The number of hydrogen-bond donors (Lipinski definition) is 2. The van der Waals surface area contributed by atoms with E-state index in [4.69, 9.17) is 10.6 Å². The van der Waals surface area contributed by atoms with E-state index in [0.29, 0.717) is 11.3 Å². The first-order valence-electron chi connectivity index (χ1n) is 5.57. The van der Waals surface area contributed by atoms with Gasteiger partial charge in [0.15, 0.2) is 11.6 Å². The van der Waals surface area contributed by atoms with Crippen LogP contribution in [0.5, 0.6) is 5.75 Å². The third-order valence-electron chi connectivity index (χ3n) is 2.81. The molecule has 0 amide bonds. The highest BCUT2D eigenvalue weighted by molar-refractivity contribution is 5.40. The smallest absolute Gasteiger partial charge is 0.163 e. The second-order valence-electron chi connectivity index (χ2n) is 3.86. The van der Waals surface area contributed by atoms with E-state index >= 15 is 0 Å². The number of nitrogens with zero attached hydrogens (tertiary/aromatic N) is 1.